The number of hydrogen-bond donors (Lipinski definition) is 3. The Kier molecular flexibility index (Phi) is 8.83. The first kappa shape index (κ1) is 26.9. The zero-order valence-corrected chi connectivity index (χ0v) is 20.0. The van der Waals surface area contributed by atoms with E-state index < -0.39 is 18.1 Å². The number of rotatable bonds is 1. The van der Waals surface area contributed by atoms with Gasteiger partial charge in [0.25, 0.3) is 0 Å². The van der Waals surface area contributed by atoms with Crippen LogP contribution >= 0.6 is 23.4 Å². The molecule has 4 rings (SSSR count). The zero-order chi connectivity index (χ0) is 26.3. The molecule has 1 aromatic heterocycles. The number of benzene rings is 2. The highest BCUT2D eigenvalue weighted by molar-refractivity contribution is 7.99. The maximum Gasteiger partial charge on any atom is 0.490 e. The molecule has 9 nitrogen and oxygen atoms in total. The molecule has 0 spiro atoms. The molecule has 0 amide bonds. The average Bonchev–Trinajstić information content (AvgIpc) is 2.83. The minimum absolute atomic E-state index is 0.324. The Hall–Kier alpha value is -3.71. The average molecular weight is 543 g/mol. The van der Waals surface area contributed by atoms with Gasteiger partial charge in [0.1, 0.15) is 10.8 Å². The summed E-state index contributed by atoms with van der Waals surface area (Å²) >= 11 is 7.93. The molecule has 3 aromatic rings. The van der Waals surface area contributed by atoms with Gasteiger partial charge in [0.15, 0.2) is 5.82 Å². The van der Waals surface area contributed by atoms with E-state index in [-0.39, 0.29) is 0 Å². The lowest BCUT2D eigenvalue weighted by Gasteiger charge is -2.12. The van der Waals surface area contributed by atoms with Gasteiger partial charge in [-0.1, -0.05) is 17.7 Å². The highest BCUT2D eigenvalue weighted by Crippen LogP contribution is 2.29. The lowest BCUT2D eigenvalue weighted by atomic mass is 10.2. The summed E-state index contributed by atoms with van der Waals surface area (Å²) in [5.74, 6) is -1.13. The first-order chi connectivity index (χ1) is 17.0. The summed E-state index contributed by atoms with van der Waals surface area (Å²) in [6.07, 6.45) is -3.57. The van der Waals surface area contributed by atoms with E-state index >= 15 is 0 Å². The summed E-state index contributed by atoms with van der Waals surface area (Å²) in [7, 11) is 1.34. The maximum absolute atomic E-state index is 12.0. The molecule has 0 aliphatic carbocycles. The second kappa shape index (κ2) is 11.8. The third-order valence-corrected chi connectivity index (χ3v) is 5.52. The van der Waals surface area contributed by atoms with Gasteiger partial charge in [0.2, 0.25) is 5.95 Å². The van der Waals surface area contributed by atoms with E-state index in [1.165, 1.54) is 13.3 Å². The van der Waals surface area contributed by atoms with Crippen LogP contribution in [-0.4, -0.2) is 52.7 Å². The minimum Gasteiger partial charge on any atom is -0.493 e. The van der Waals surface area contributed by atoms with Crippen molar-refractivity contribution in [3.63, 3.8) is 0 Å². The molecule has 0 radical (unpaired) electrons. The molecule has 36 heavy (non-hydrogen) atoms. The molecule has 0 unspecified atom stereocenters. The molecule has 6 bridgehead atoms. The fourth-order valence-electron chi connectivity index (χ4n) is 2.75. The molecule has 1 aliphatic heterocycles. The molecule has 14 heteroatoms. The van der Waals surface area contributed by atoms with Crippen molar-refractivity contribution in [1.82, 2.24) is 9.97 Å². The van der Waals surface area contributed by atoms with E-state index in [1.54, 1.807) is 30.0 Å². The van der Waals surface area contributed by atoms with Crippen LogP contribution in [0.2, 0.25) is 5.02 Å². The quantitative estimate of drug-likeness (QED) is 0.339. The summed E-state index contributed by atoms with van der Waals surface area (Å²) in [5.41, 5.74) is 1.83. The Labute approximate surface area is 212 Å². The third kappa shape index (κ3) is 7.65. The molecule has 1 aliphatic rings. The monoisotopic (exact) mass is 542 g/mol. The number of esters is 1. The van der Waals surface area contributed by atoms with Gasteiger partial charge < -0.3 is 25.2 Å². The lowest BCUT2D eigenvalue weighted by molar-refractivity contribution is -0.192. The molecule has 2 heterocycles. The highest BCUT2D eigenvalue weighted by atomic mass is 35.5. The molecule has 3 N–H and O–H groups in total. The summed E-state index contributed by atoms with van der Waals surface area (Å²) in [6.45, 7) is 0.475. The standard InChI is InChI=1S/C20H17ClN4O3S.C2HF3O2/c1-27-19(26)12-7-14-9-15(8-12)28-5-6-29-16-4-2-3-13(10-16)23-18-17(21)11-22-20(24-14)25-18;3-2(4,5)1(6)7/h2-4,7-11H,5-6H2,1H3,(H2,22,23,24,25);(H,6,7). The van der Waals surface area contributed by atoms with E-state index in [2.05, 4.69) is 20.6 Å². The van der Waals surface area contributed by atoms with Crippen LogP contribution < -0.4 is 15.4 Å². The van der Waals surface area contributed by atoms with Gasteiger partial charge in [-0.25, -0.2) is 14.6 Å². The number of hydrogen-bond acceptors (Lipinski definition) is 9. The zero-order valence-electron chi connectivity index (χ0n) is 18.4. The fourth-order valence-corrected chi connectivity index (χ4v) is 3.68. The molecule has 190 valence electrons. The summed E-state index contributed by atoms with van der Waals surface area (Å²) in [5, 5.41) is 13.8. The molecule has 0 saturated carbocycles. The van der Waals surface area contributed by atoms with Crippen LogP contribution in [0.25, 0.3) is 0 Å². The SMILES string of the molecule is COC(=O)c1cc2cc(c1)OCCSc1cccc(c1)Nc1nc(ncc1Cl)N2.O=C(O)C(F)(F)F. The van der Waals surface area contributed by atoms with Crippen molar-refractivity contribution in [2.24, 2.45) is 0 Å². The number of carbonyl (C=O) groups is 2. The Morgan fingerprint density at radius 2 is 1.92 bits per heavy atom. The van der Waals surface area contributed by atoms with Crippen LogP contribution in [0.4, 0.5) is 36.3 Å². The Bertz CT molecular complexity index is 1260. The Balaban J connectivity index is 0.000000454. The van der Waals surface area contributed by atoms with E-state index in [9.17, 15) is 18.0 Å². The molecular weight excluding hydrogens is 525 g/mol. The number of carbonyl (C=O) groups excluding carboxylic acids is 1. The van der Waals surface area contributed by atoms with Crippen molar-refractivity contribution in [2.45, 2.75) is 11.1 Å². The van der Waals surface area contributed by atoms with E-state index in [0.29, 0.717) is 40.4 Å². The predicted octanol–water partition coefficient (Wildman–Crippen LogP) is 5.52. The lowest BCUT2D eigenvalue weighted by Crippen LogP contribution is -2.21. The van der Waals surface area contributed by atoms with Crippen LogP contribution in [0.1, 0.15) is 10.4 Å². The molecule has 2 aromatic carbocycles. The fraction of sp³-hybridized carbons (Fsp3) is 0.182. The number of nitrogens with one attached hydrogen (secondary N) is 2. The van der Waals surface area contributed by atoms with Crippen molar-refractivity contribution >= 4 is 58.4 Å². The highest BCUT2D eigenvalue weighted by Gasteiger charge is 2.38. The number of carboxylic acids is 1. The molecule has 0 saturated heterocycles. The number of aliphatic carboxylic acids is 1. The first-order valence-corrected chi connectivity index (χ1v) is 11.4. The summed E-state index contributed by atoms with van der Waals surface area (Å²) in [4.78, 5) is 30.7. The van der Waals surface area contributed by atoms with Gasteiger partial charge in [-0.2, -0.15) is 18.2 Å². The number of carboxylic acid groups (broad SMARTS) is 1. The smallest absolute Gasteiger partial charge is 0.490 e. The number of fused-ring (bicyclic) bond motifs is 6. The van der Waals surface area contributed by atoms with Crippen molar-refractivity contribution in [1.29, 1.82) is 0 Å². The molecular formula is C22H18ClF3N4O5S. The predicted molar refractivity (Wildman–Crippen MR) is 128 cm³/mol. The number of halogens is 4. The number of alkyl halides is 3. The number of nitrogens with zero attached hydrogens (tertiary/aromatic N) is 2. The second-order valence-corrected chi connectivity index (χ2v) is 8.48. The van der Waals surface area contributed by atoms with Crippen molar-refractivity contribution in [3.05, 3.63) is 59.2 Å². The van der Waals surface area contributed by atoms with Crippen LogP contribution in [0.15, 0.2) is 53.6 Å². The van der Waals surface area contributed by atoms with Gasteiger partial charge in [0, 0.05) is 28.1 Å². The molecule has 0 atom stereocenters. The van der Waals surface area contributed by atoms with Crippen LogP contribution in [0.3, 0.4) is 0 Å². The van der Waals surface area contributed by atoms with Crippen LogP contribution in [0, 0.1) is 0 Å². The number of aromatic nitrogens is 2. The Morgan fingerprint density at radius 3 is 2.61 bits per heavy atom. The van der Waals surface area contributed by atoms with Gasteiger partial charge >= 0.3 is 18.1 Å². The summed E-state index contributed by atoms with van der Waals surface area (Å²) < 4.78 is 42.4. The summed E-state index contributed by atoms with van der Waals surface area (Å²) in [6, 6.07) is 13.0. The molecule has 0 fully saturated rings. The number of ether oxygens (including phenoxy) is 2. The topological polar surface area (TPSA) is 123 Å². The van der Waals surface area contributed by atoms with E-state index in [1.807, 2.05) is 24.3 Å². The largest absolute Gasteiger partial charge is 0.493 e. The number of methoxy groups -OCH3 is 1. The van der Waals surface area contributed by atoms with Crippen LogP contribution in [-0.2, 0) is 9.53 Å². The van der Waals surface area contributed by atoms with E-state index in [4.69, 9.17) is 31.0 Å². The minimum atomic E-state index is -5.08. The number of thioether (sulfide) groups is 1. The Morgan fingerprint density at radius 1 is 1.17 bits per heavy atom. The normalized spacial score (nSPS) is 12.7. The third-order valence-electron chi connectivity index (χ3n) is 4.29. The van der Waals surface area contributed by atoms with E-state index in [0.717, 1.165) is 16.3 Å². The van der Waals surface area contributed by atoms with Gasteiger partial charge in [-0.05, 0) is 30.3 Å². The number of anilines is 4. The van der Waals surface area contributed by atoms with Gasteiger partial charge in [0.05, 0.1) is 25.5 Å². The maximum atomic E-state index is 12.0. The van der Waals surface area contributed by atoms with Gasteiger partial charge in [-0.3, -0.25) is 0 Å². The second-order valence-electron chi connectivity index (χ2n) is 6.91. The van der Waals surface area contributed by atoms with Crippen LogP contribution in [0.5, 0.6) is 5.75 Å². The van der Waals surface area contributed by atoms with Crippen molar-refractivity contribution in [3.8, 4) is 5.75 Å². The van der Waals surface area contributed by atoms with Gasteiger partial charge in [-0.15, -0.1) is 11.8 Å². The first-order valence-electron chi connectivity index (χ1n) is 10.0. The van der Waals surface area contributed by atoms with Crippen molar-refractivity contribution < 1.29 is 37.3 Å². The van der Waals surface area contributed by atoms with Crippen molar-refractivity contribution in [2.75, 3.05) is 30.1 Å².